The minimum absolute atomic E-state index is 0.537. The van der Waals surface area contributed by atoms with Gasteiger partial charge in [-0.2, -0.15) is 0 Å². The maximum Gasteiger partial charge on any atom is -0.0297 e. The van der Waals surface area contributed by atoms with Crippen LogP contribution in [0, 0.1) is 22.2 Å². The second kappa shape index (κ2) is 4.28. The molecule has 2 aliphatic carbocycles. The summed E-state index contributed by atoms with van der Waals surface area (Å²) in [5.41, 5.74) is 1.93. The fourth-order valence-electron chi connectivity index (χ4n) is 4.05. The minimum atomic E-state index is 0.537. The molecule has 0 saturated heterocycles. The fraction of sp³-hybridized carbons (Fsp3) is 1.00. The summed E-state index contributed by atoms with van der Waals surface area (Å²) in [4.78, 5) is 0. The Kier molecular flexibility index (Phi) is 3.38. The van der Waals surface area contributed by atoms with Gasteiger partial charge >= 0.3 is 0 Å². The van der Waals surface area contributed by atoms with Gasteiger partial charge < -0.3 is 0 Å². The summed E-state index contributed by atoms with van der Waals surface area (Å²) >= 11 is 0. The zero-order valence-corrected chi connectivity index (χ0v) is 12.7. The first kappa shape index (κ1) is 13.4. The van der Waals surface area contributed by atoms with Gasteiger partial charge in [0.25, 0.3) is 0 Å². The highest BCUT2D eigenvalue weighted by Gasteiger charge is 2.42. The van der Waals surface area contributed by atoms with Crippen molar-refractivity contribution in [2.45, 2.75) is 86.0 Å². The van der Waals surface area contributed by atoms with Gasteiger partial charge in [0.2, 0.25) is 0 Å². The summed E-state index contributed by atoms with van der Waals surface area (Å²) < 4.78 is 0. The molecule has 0 aromatic carbocycles. The largest absolute Gasteiger partial charge is 0.0599 e. The molecule has 0 bridgehead atoms. The van der Waals surface area contributed by atoms with E-state index in [1.165, 1.54) is 51.4 Å². The summed E-state index contributed by atoms with van der Waals surface area (Å²) in [5, 5.41) is 0. The molecular weight excluding hydrogens is 204 g/mol. The van der Waals surface area contributed by atoms with Gasteiger partial charge in [-0.15, -0.1) is 0 Å². The predicted octanol–water partition coefficient (Wildman–Crippen LogP) is 5.81. The third kappa shape index (κ3) is 3.06. The van der Waals surface area contributed by atoms with E-state index in [2.05, 4.69) is 34.6 Å². The van der Waals surface area contributed by atoms with Crippen LogP contribution in [-0.2, 0) is 0 Å². The van der Waals surface area contributed by atoms with Crippen molar-refractivity contribution in [2.75, 3.05) is 0 Å². The van der Waals surface area contributed by atoms with Crippen molar-refractivity contribution in [3.05, 3.63) is 0 Å². The van der Waals surface area contributed by atoms with Crippen LogP contribution in [-0.4, -0.2) is 0 Å². The van der Waals surface area contributed by atoms with E-state index in [0.29, 0.717) is 10.8 Å². The van der Waals surface area contributed by atoms with Crippen molar-refractivity contribution in [1.29, 1.82) is 0 Å². The second-order valence-electron chi connectivity index (χ2n) is 8.80. The van der Waals surface area contributed by atoms with Crippen LogP contribution in [0.25, 0.3) is 0 Å². The maximum atomic E-state index is 2.46. The first-order valence-corrected chi connectivity index (χ1v) is 7.73. The molecule has 2 fully saturated rings. The summed E-state index contributed by atoms with van der Waals surface area (Å²) in [6.45, 7) is 12.2. The van der Waals surface area contributed by atoms with Crippen LogP contribution >= 0.6 is 0 Å². The predicted molar refractivity (Wildman–Crippen MR) is 76.1 cm³/mol. The first-order chi connectivity index (χ1) is 7.73. The van der Waals surface area contributed by atoms with Gasteiger partial charge in [0.15, 0.2) is 0 Å². The summed E-state index contributed by atoms with van der Waals surface area (Å²) in [6, 6.07) is 0. The SMILES string of the molecule is CC1(C)CCC2(CCC(C(C)(C)C)CC2)CC1. The Morgan fingerprint density at radius 3 is 1.65 bits per heavy atom. The molecule has 1 spiro atoms. The van der Waals surface area contributed by atoms with Crippen molar-refractivity contribution in [3.8, 4) is 0 Å². The van der Waals surface area contributed by atoms with Crippen LogP contribution in [0.5, 0.6) is 0 Å². The molecule has 0 heterocycles. The molecule has 2 aliphatic rings. The van der Waals surface area contributed by atoms with Gasteiger partial charge in [-0.1, -0.05) is 34.6 Å². The highest BCUT2D eigenvalue weighted by atomic mass is 14.5. The monoisotopic (exact) mass is 236 g/mol. The molecule has 0 aromatic heterocycles. The van der Waals surface area contributed by atoms with Gasteiger partial charge in [-0.05, 0) is 73.5 Å². The standard InChI is InChI=1S/C17H32/c1-15(2,3)14-6-8-17(9-7-14)12-10-16(4,5)11-13-17/h14H,6-13H2,1-5H3. The molecule has 0 atom stereocenters. The van der Waals surface area contributed by atoms with Crippen molar-refractivity contribution in [2.24, 2.45) is 22.2 Å². The Balaban J connectivity index is 1.91. The van der Waals surface area contributed by atoms with Gasteiger partial charge in [0.1, 0.15) is 0 Å². The zero-order chi connectivity index (χ0) is 12.7. The quantitative estimate of drug-likeness (QED) is 0.498. The van der Waals surface area contributed by atoms with Gasteiger partial charge in [0.05, 0.1) is 0 Å². The zero-order valence-electron chi connectivity index (χ0n) is 12.7. The van der Waals surface area contributed by atoms with Gasteiger partial charge in [-0.25, -0.2) is 0 Å². The molecule has 0 unspecified atom stereocenters. The van der Waals surface area contributed by atoms with E-state index in [9.17, 15) is 0 Å². The molecule has 0 nitrogen and oxygen atoms in total. The highest BCUT2D eigenvalue weighted by Crippen LogP contribution is 2.55. The summed E-state index contributed by atoms with van der Waals surface area (Å²) in [7, 11) is 0. The Bertz CT molecular complexity index is 246. The van der Waals surface area contributed by atoms with Crippen LogP contribution in [0.15, 0.2) is 0 Å². The van der Waals surface area contributed by atoms with Gasteiger partial charge in [-0.3, -0.25) is 0 Å². The average Bonchev–Trinajstić information content (AvgIpc) is 2.23. The van der Waals surface area contributed by atoms with Crippen molar-refractivity contribution in [3.63, 3.8) is 0 Å². The maximum absolute atomic E-state index is 2.46. The molecule has 0 aromatic rings. The topological polar surface area (TPSA) is 0 Å². The van der Waals surface area contributed by atoms with E-state index in [4.69, 9.17) is 0 Å². The minimum Gasteiger partial charge on any atom is -0.0599 e. The van der Waals surface area contributed by atoms with Crippen molar-refractivity contribution >= 4 is 0 Å². The van der Waals surface area contributed by atoms with E-state index < -0.39 is 0 Å². The lowest BCUT2D eigenvalue weighted by atomic mass is 9.56. The second-order valence-corrected chi connectivity index (χ2v) is 8.80. The summed E-state index contributed by atoms with van der Waals surface area (Å²) in [5.74, 6) is 0.975. The molecule has 17 heavy (non-hydrogen) atoms. The normalized spacial score (nSPS) is 29.5. The number of hydrogen-bond donors (Lipinski definition) is 0. The third-order valence-electron chi connectivity index (χ3n) is 5.94. The Hall–Kier alpha value is 0. The van der Waals surface area contributed by atoms with E-state index in [1.54, 1.807) is 0 Å². The molecule has 2 saturated carbocycles. The molecule has 100 valence electrons. The lowest BCUT2D eigenvalue weighted by Crippen LogP contribution is -2.37. The van der Waals surface area contributed by atoms with Crippen LogP contribution in [0.3, 0.4) is 0 Å². The molecule has 0 aliphatic heterocycles. The van der Waals surface area contributed by atoms with Crippen molar-refractivity contribution < 1.29 is 0 Å². The van der Waals surface area contributed by atoms with E-state index in [1.807, 2.05) is 0 Å². The molecular formula is C17H32. The van der Waals surface area contributed by atoms with E-state index in [0.717, 1.165) is 11.3 Å². The molecule has 0 heteroatoms. The smallest absolute Gasteiger partial charge is 0.0297 e. The lowest BCUT2D eigenvalue weighted by Gasteiger charge is -2.49. The molecule has 0 amide bonds. The van der Waals surface area contributed by atoms with Crippen LogP contribution in [0.1, 0.15) is 86.0 Å². The highest BCUT2D eigenvalue weighted by molar-refractivity contribution is 4.93. The van der Waals surface area contributed by atoms with Crippen molar-refractivity contribution in [1.82, 2.24) is 0 Å². The Morgan fingerprint density at radius 1 is 0.765 bits per heavy atom. The Morgan fingerprint density at radius 2 is 1.24 bits per heavy atom. The Labute approximate surface area is 109 Å². The van der Waals surface area contributed by atoms with Gasteiger partial charge in [0, 0.05) is 0 Å². The average molecular weight is 236 g/mol. The first-order valence-electron chi connectivity index (χ1n) is 7.73. The lowest BCUT2D eigenvalue weighted by molar-refractivity contribution is 0.0251. The third-order valence-corrected chi connectivity index (χ3v) is 5.94. The van der Waals surface area contributed by atoms with Crippen LogP contribution in [0.2, 0.25) is 0 Å². The summed E-state index contributed by atoms with van der Waals surface area (Å²) in [6.07, 6.45) is 12.0. The fourth-order valence-corrected chi connectivity index (χ4v) is 4.05. The molecule has 2 rings (SSSR count). The van der Waals surface area contributed by atoms with E-state index in [-0.39, 0.29) is 0 Å². The number of rotatable bonds is 0. The molecule has 0 N–H and O–H groups in total. The van der Waals surface area contributed by atoms with Crippen LogP contribution in [0.4, 0.5) is 0 Å². The van der Waals surface area contributed by atoms with E-state index >= 15 is 0 Å². The van der Waals surface area contributed by atoms with Crippen LogP contribution < -0.4 is 0 Å². The molecule has 0 radical (unpaired) electrons. The number of hydrogen-bond acceptors (Lipinski definition) is 0.